The lowest BCUT2D eigenvalue weighted by Gasteiger charge is -2.28. The first kappa shape index (κ1) is 16.5. The van der Waals surface area contributed by atoms with Gasteiger partial charge in [-0.05, 0) is 18.2 Å². The van der Waals surface area contributed by atoms with Crippen LogP contribution in [-0.2, 0) is 9.59 Å². The summed E-state index contributed by atoms with van der Waals surface area (Å²) >= 11 is 7.91. The molecule has 0 bridgehead atoms. The minimum atomic E-state index is -0.283. The van der Waals surface area contributed by atoms with E-state index in [0.29, 0.717) is 23.0 Å². The Labute approximate surface area is 144 Å². The van der Waals surface area contributed by atoms with Gasteiger partial charge in [-0.3, -0.25) is 9.59 Å². The van der Waals surface area contributed by atoms with Crippen molar-refractivity contribution < 1.29 is 14.3 Å². The number of rotatable bonds is 3. The van der Waals surface area contributed by atoms with E-state index in [4.69, 9.17) is 16.3 Å². The van der Waals surface area contributed by atoms with Crippen LogP contribution in [-0.4, -0.2) is 55.0 Å². The standard InChI is InChI=1S/C16H19ClN2O3S/c1-22-14-3-2-12(17)9-13(14)19-10-11(8-15(19)20)16(21)18-4-6-23-7-5-18/h2-3,9,11H,4-8,10H2,1H3. The maximum absolute atomic E-state index is 12.6. The molecule has 2 fully saturated rings. The lowest BCUT2D eigenvalue weighted by molar-refractivity contribution is -0.135. The van der Waals surface area contributed by atoms with Crippen LogP contribution in [0.15, 0.2) is 18.2 Å². The molecule has 0 radical (unpaired) electrons. The van der Waals surface area contributed by atoms with E-state index in [0.717, 1.165) is 24.6 Å². The Morgan fingerprint density at radius 1 is 1.35 bits per heavy atom. The number of nitrogens with zero attached hydrogens (tertiary/aromatic N) is 2. The fraction of sp³-hybridized carbons (Fsp3) is 0.500. The quantitative estimate of drug-likeness (QED) is 0.835. The number of halogens is 1. The molecule has 0 saturated carbocycles. The number of methoxy groups -OCH3 is 1. The van der Waals surface area contributed by atoms with Gasteiger partial charge in [-0.2, -0.15) is 11.8 Å². The van der Waals surface area contributed by atoms with Gasteiger partial charge in [0.2, 0.25) is 11.8 Å². The number of amides is 2. The van der Waals surface area contributed by atoms with Crippen LogP contribution in [0.25, 0.3) is 0 Å². The predicted molar refractivity (Wildman–Crippen MR) is 92.4 cm³/mol. The molecule has 1 atom stereocenters. The van der Waals surface area contributed by atoms with E-state index in [9.17, 15) is 9.59 Å². The zero-order chi connectivity index (χ0) is 16.4. The summed E-state index contributed by atoms with van der Waals surface area (Å²) in [6, 6.07) is 5.17. The van der Waals surface area contributed by atoms with Crippen molar-refractivity contribution >= 4 is 40.9 Å². The van der Waals surface area contributed by atoms with E-state index in [1.165, 1.54) is 0 Å². The van der Waals surface area contributed by atoms with Gasteiger partial charge in [0.1, 0.15) is 5.75 Å². The summed E-state index contributed by atoms with van der Waals surface area (Å²) in [5, 5.41) is 0.538. The molecule has 2 amide bonds. The molecular weight excluding hydrogens is 336 g/mol. The Kier molecular flexibility index (Phi) is 5.02. The summed E-state index contributed by atoms with van der Waals surface area (Å²) in [5.74, 6) is 2.27. The predicted octanol–water partition coefficient (Wildman–Crippen LogP) is 2.28. The number of carbonyl (C=O) groups excluding carboxylic acids is 2. The van der Waals surface area contributed by atoms with Crippen LogP contribution in [0.1, 0.15) is 6.42 Å². The molecule has 0 aromatic heterocycles. The van der Waals surface area contributed by atoms with Crippen molar-refractivity contribution in [3.8, 4) is 5.75 Å². The third kappa shape index (κ3) is 3.43. The molecule has 2 aliphatic rings. The van der Waals surface area contributed by atoms with Crippen LogP contribution >= 0.6 is 23.4 Å². The fourth-order valence-corrected chi connectivity index (χ4v) is 4.09. The maximum atomic E-state index is 12.6. The highest BCUT2D eigenvalue weighted by Crippen LogP contribution is 2.35. The van der Waals surface area contributed by atoms with Gasteiger partial charge in [-0.1, -0.05) is 11.6 Å². The second-order valence-corrected chi connectivity index (χ2v) is 7.32. The van der Waals surface area contributed by atoms with Gasteiger partial charge in [0.25, 0.3) is 0 Å². The lowest BCUT2D eigenvalue weighted by Crippen LogP contribution is -2.42. The molecule has 1 aromatic rings. The van der Waals surface area contributed by atoms with Gasteiger partial charge in [-0.25, -0.2) is 0 Å². The molecule has 0 N–H and O–H groups in total. The first-order chi connectivity index (χ1) is 11.1. The third-order valence-corrected chi connectivity index (χ3v) is 5.41. The Morgan fingerprint density at radius 3 is 2.78 bits per heavy atom. The molecular formula is C16H19ClN2O3S. The van der Waals surface area contributed by atoms with Gasteiger partial charge in [0.15, 0.2) is 0 Å². The maximum Gasteiger partial charge on any atom is 0.228 e. The van der Waals surface area contributed by atoms with Crippen molar-refractivity contribution in [2.45, 2.75) is 6.42 Å². The van der Waals surface area contributed by atoms with Crippen LogP contribution in [0.4, 0.5) is 5.69 Å². The van der Waals surface area contributed by atoms with E-state index in [1.54, 1.807) is 30.2 Å². The molecule has 2 saturated heterocycles. The van der Waals surface area contributed by atoms with Gasteiger partial charge >= 0.3 is 0 Å². The van der Waals surface area contributed by atoms with Crippen LogP contribution in [0.3, 0.4) is 0 Å². The first-order valence-electron chi connectivity index (χ1n) is 7.60. The molecule has 7 heteroatoms. The van der Waals surface area contributed by atoms with Crippen molar-refractivity contribution in [1.29, 1.82) is 0 Å². The summed E-state index contributed by atoms with van der Waals surface area (Å²) < 4.78 is 5.32. The molecule has 23 heavy (non-hydrogen) atoms. The molecule has 1 unspecified atom stereocenters. The summed E-state index contributed by atoms with van der Waals surface area (Å²) in [7, 11) is 1.56. The minimum Gasteiger partial charge on any atom is -0.495 e. The van der Waals surface area contributed by atoms with Crippen LogP contribution in [0, 0.1) is 5.92 Å². The largest absolute Gasteiger partial charge is 0.495 e. The highest BCUT2D eigenvalue weighted by Gasteiger charge is 2.38. The zero-order valence-electron chi connectivity index (χ0n) is 13.0. The molecule has 0 aliphatic carbocycles. The summed E-state index contributed by atoms with van der Waals surface area (Å²) in [6.45, 7) is 1.93. The minimum absolute atomic E-state index is 0.0599. The average Bonchev–Trinajstić information content (AvgIpc) is 2.96. The number of hydrogen-bond donors (Lipinski definition) is 0. The summed E-state index contributed by atoms with van der Waals surface area (Å²) in [6.07, 6.45) is 0.248. The number of ether oxygens (including phenoxy) is 1. The molecule has 5 nitrogen and oxygen atoms in total. The van der Waals surface area contributed by atoms with Crippen LogP contribution in [0.2, 0.25) is 5.02 Å². The number of carbonyl (C=O) groups is 2. The van der Waals surface area contributed by atoms with E-state index < -0.39 is 0 Å². The Morgan fingerprint density at radius 2 is 2.09 bits per heavy atom. The smallest absolute Gasteiger partial charge is 0.228 e. The summed E-state index contributed by atoms with van der Waals surface area (Å²) in [5.41, 5.74) is 0.634. The Bertz CT molecular complexity index is 619. The second-order valence-electron chi connectivity index (χ2n) is 5.66. The molecule has 2 aliphatic heterocycles. The van der Waals surface area contributed by atoms with Crippen molar-refractivity contribution in [3.05, 3.63) is 23.2 Å². The van der Waals surface area contributed by atoms with E-state index in [2.05, 4.69) is 0 Å². The molecule has 124 valence electrons. The SMILES string of the molecule is COc1ccc(Cl)cc1N1CC(C(=O)N2CCSCC2)CC1=O. The Balaban J connectivity index is 1.77. The number of anilines is 1. The van der Waals surface area contributed by atoms with Crippen LogP contribution in [0.5, 0.6) is 5.75 Å². The van der Waals surface area contributed by atoms with Crippen molar-refractivity contribution in [2.24, 2.45) is 5.92 Å². The van der Waals surface area contributed by atoms with Crippen molar-refractivity contribution in [1.82, 2.24) is 4.90 Å². The highest BCUT2D eigenvalue weighted by atomic mass is 35.5. The van der Waals surface area contributed by atoms with Crippen LogP contribution < -0.4 is 9.64 Å². The van der Waals surface area contributed by atoms with E-state index in [1.807, 2.05) is 16.7 Å². The number of benzene rings is 1. The first-order valence-corrected chi connectivity index (χ1v) is 9.14. The normalized spacial score (nSPS) is 21.7. The van der Waals surface area contributed by atoms with Gasteiger partial charge in [0.05, 0.1) is 18.7 Å². The highest BCUT2D eigenvalue weighted by molar-refractivity contribution is 7.99. The number of hydrogen-bond acceptors (Lipinski definition) is 4. The molecule has 3 rings (SSSR count). The zero-order valence-corrected chi connectivity index (χ0v) is 14.5. The molecule has 1 aromatic carbocycles. The topological polar surface area (TPSA) is 49.9 Å². The third-order valence-electron chi connectivity index (χ3n) is 4.23. The van der Waals surface area contributed by atoms with Crippen molar-refractivity contribution in [2.75, 3.05) is 43.1 Å². The average molecular weight is 355 g/mol. The lowest BCUT2D eigenvalue weighted by atomic mass is 10.1. The van der Waals surface area contributed by atoms with E-state index in [-0.39, 0.29) is 24.2 Å². The molecule has 2 heterocycles. The molecule has 0 spiro atoms. The number of thioether (sulfide) groups is 1. The summed E-state index contributed by atoms with van der Waals surface area (Å²) in [4.78, 5) is 28.5. The van der Waals surface area contributed by atoms with E-state index >= 15 is 0 Å². The van der Waals surface area contributed by atoms with Crippen molar-refractivity contribution in [3.63, 3.8) is 0 Å². The fourth-order valence-electron chi connectivity index (χ4n) is 3.02. The second kappa shape index (κ2) is 7.01. The van der Waals surface area contributed by atoms with Gasteiger partial charge in [0, 0.05) is 42.6 Å². The van der Waals surface area contributed by atoms with Gasteiger partial charge in [-0.15, -0.1) is 0 Å². The Hall–Kier alpha value is -1.40. The van der Waals surface area contributed by atoms with Gasteiger partial charge < -0.3 is 14.5 Å². The monoisotopic (exact) mass is 354 g/mol.